The molecule has 0 N–H and O–H groups in total. The van der Waals surface area contributed by atoms with Gasteiger partial charge in [-0.05, 0) is 16.2 Å². The molecule has 0 spiro atoms. The third kappa shape index (κ3) is 1.84. The van der Waals surface area contributed by atoms with Crippen LogP contribution in [0.2, 0.25) is 0 Å². The van der Waals surface area contributed by atoms with Crippen molar-refractivity contribution in [1.29, 1.82) is 0 Å². The molecule has 0 saturated carbocycles. The molecule has 0 aromatic rings. The Morgan fingerprint density at radius 2 is 1.07 bits per heavy atom. The predicted molar refractivity (Wildman–Crippen MR) is 66.0 cm³/mol. The van der Waals surface area contributed by atoms with Crippen molar-refractivity contribution >= 4 is 0 Å². The molecule has 1 heterocycles. The number of ether oxygens (including phenoxy) is 1. The maximum Gasteiger partial charge on any atom is 0.105 e. The Kier molecular flexibility index (Phi) is 2.60. The third-order valence-electron chi connectivity index (χ3n) is 3.63. The van der Waals surface area contributed by atoms with Gasteiger partial charge in [0.15, 0.2) is 0 Å². The van der Waals surface area contributed by atoms with Crippen LogP contribution in [0.25, 0.3) is 0 Å². The molecule has 0 aromatic carbocycles. The molecule has 90 valence electrons. The Labute approximate surface area is 95.6 Å². The van der Waals surface area contributed by atoms with E-state index in [1.54, 1.807) is 0 Å². The molecule has 15 heavy (non-hydrogen) atoms. The SMILES string of the molecule is CC(C)(C)C1OC1(C(C)(C)C)C(C)(C)C. The lowest BCUT2D eigenvalue weighted by Gasteiger charge is -2.40. The Morgan fingerprint density at radius 3 is 1.13 bits per heavy atom. The highest BCUT2D eigenvalue weighted by molar-refractivity contribution is 5.19. The number of epoxide rings is 1. The molecule has 1 saturated heterocycles. The summed E-state index contributed by atoms with van der Waals surface area (Å²) in [6.45, 7) is 20.6. The van der Waals surface area contributed by atoms with Crippen molar-refractivity contribution in [1.82, 2.24) is 0 Å². The Bertz CT molecular complexity index is 230. The summed E-state index contributed by atoms with van der Waals surface area (Å²) in [5.74, 6) is 0. The van der Waals surface area contributed by atoms with Crippen LogP contribution in [0.3, 0.4) is 0 Å². The van der Waals surface area contributed by atoms with Crippen LogP contribution in [-0.2, 0) is 4.74 Å². The van der Waals surface area contributed by atoms with Gasteiger partial charge in [0.2, 0.25) is 0 Å². The lowest BCUT2D eigenvalue weighted by atomic mass is 9.61. The van der Waals surface area contributed by atoms with E-state index in [0.717, 1.165) is 0 Å². The van der Waals surface area contributed by atoms with Crippen LogP contribution in [0.4, 0.5) is 0 Å². The number of hydrogen-bond acceptors (Lipinski definition) is 1. The maximum absolute atomic E-state index is 6.20. The molecular weight excluding hydrogens is 184 g/mol. The van der Waals surface area contributed by atoms with Gasteiger partial charge in [-0.2, -0.15) is 0 Å². The predicted octanol–water partition coefficient (Wildman–Crippen LogP) is 4.26. The first kappa shape index (κ1) is 13.0. The molecule has 0 bridgehead atoms. The summed E-state index contributed by atoms with van der Waals surface area (Å²) in [7, 11) is 0. The summed E-state index contributed by atoms with van der Waals surface area (Å²) < 4.78 is 6.20. The fraction of sp³-hybridized carbons (Fsp3) is 1.00. The molecule has 1 fully saturated rings. The maximum atomic E-state index is 6.20. The lowest BCUT2D eigenvalue weighted by Crippen LogP contribution is -2.46. The molecule has 1 nitrogen and oxygen atoms in total. The Hall–Kier alpha value is -0.0400. The van der Waals surface area contributed by atoms with Gasteiger partial charge in [0.1, 0.15) is 5.60 Å². The molecule has 0 radical (unpaired) electrons. The van der Waals surface area contributed by atoms with E-state index in [4.69, 9.17) is 4.74 Å². The van der Waals surface area contributed by atoms with Gasteiger partial charge in [-0.15, -0.1) is 0 Å². The minimum atomic E-state index is 0.0260. The average molecular weight is 212 g/mol. The molecule has 0 amide bonds. The minimum Gasteiger partial charge on any atom is -0.364 e. The normalized spacial score (nSPS) is 26.6. The van der Waals surface area contributed by atoms with Crippen molar-refractivity contribution in [3.63, 3.8) is 0 Å². The van der Waals surface area contributed by atoms with E-state index in [0.29, 0.717) is 6.10 Å². The highest BCUT2D eigenvalue weighted by Crippen LogP contribution is 2.64. The zero-order valence-electron chi connectivity index (χ0n) is 12.0. The first-order valence-electron chi connectivity index (χ1n) is 6.02. The van der Waals surface area contributed by atoms with Crippen molar-refractivity contribution in [3.8, 4) is 0 Å². The van der Waals surface area contributed by atoms with Crippen LogP contribution in [0.5, 0.6) is 0 Å². The van der Waals surface area contributed by atoms with Crippen LogP contribution in [0.15, 0.2) is 0 Å². The van der Waals surface area contributed by atoms with Gasteiger partial charge < -0.3 is 4.74 Å². The van der Waals surface area contributed by atoms with E-state index in [1.807, 2.05) is 0 Å². The van der Waals surface area contributed by atoms with Gasteiger partial charge in [-0.1, -0.05) is 62.3 Å². The molecule has 1 aliphatic rings. The van der Waals surface area contributed by atoms with Gasteiger partial charge in [0, 0.05) is 0 Å². The summed E-state index contributed by atoms with van der Waals surface area (Å²) in [5.41, 5.74) is 0.658. The van der Waals surface area contributed by atoms with E-state index < -0.39 is 0 Å². The molecule has 1 rings (SSSR count). The first-order chi connectivity index (χ1) is 6.34. The molecular formula is C14H28O. The van der Waals surface area contributed by atoms with Gasteiger partial charge >= 0.3 is 0 Å². The van der Waals surface area contributed by atoms with E-state index in [1.165, 1.54) is 0 Å². The molecule has 1 heteroatoms. The summed E-state index contributed by atoms with van der Waals surface area (Å²) in [6.07, 6.45) is 0.380. The Morgan fingerprint density at radius 1 is 0.733 bits per heavy atom. The second kappa shape index (κ2) is 3.00. The zero-order chi connectivity index (χ0) is 12.3. The second-order valence-corrected chi connectivity index (χ2v) is 8.10. The lowest BCUT2D eigenvalue weighted by molar-refractivity contribution is 0.0486. The fourth-order valence-electron chi connectivity index (χ4n) is 3.20. The monoisotopic (exact) mass is 212 g/mol. The third-order valence-corrected chi connectivity index (χ3v) is 3.63. The number of hydrogen-bond donors (Lipinski definition) is 0. The van der Waals surface area contributed by atoms with Crippen LogP contribution in [0.1, 0.15) is 62.3 Å². The molecule has 1 unspecified atom stereocenters. The van der Waals surface area contributed by atoms with Crippen LogP contribution < -0.4 is 0 Å². The molecule has 0 aliphatic carbocycles. The van der Waals surface area contributed by atoms with E-state index in [9.17, 15) is 0 Å². The number of rotatable bonds is 0. The van der Waals surface area contributed by atoms with Gasteiger partial charge in [-0.25, -0.2) is 0 Å². The van der Waals surface area contributed by atoms with Crippen molar-refractivity contribution in [3.05, 3.63) is 0 Å². The largest absolute Gasteiger partial charge is 0.364 e. The summed E-state index contributed by atoms with van der Waals surface area (Å²) in [6, 6.07) is 0. The van der Waals surface area contributed by atoms with Crippen LogP contribution in [-0.4, -0.2) is 11.7 Å². The second-order valence-electron chi connectivity index (χ2n) is 8.10. The summed E-state index contributed by atoms with van der Waals surface area (Å²) in [5, 5.41) is 0. The van der Waals surface area contributed by atoms with Gasteiger partial charge in [0.25, 0.3) is 0 Å². The molecule has 1 atom stereocenters. The van der Waals surface area contributed by atoms with Gasteiger partial charge in [0.05, 0.1) is 6.10 Å². The van der Waals surface area contributed by atoms with Crippen molar-refractivity contribution in [2.24, 2.45) is 16.2 Å². The summed E-state index contributed by atoms with van der Waals surface area (Å²) >= 11 is 0. The smallest absolute Gasteiger partial charge is 0.105 e. The Balaban J connectivity index is 3.08. The first-order valence-corrected chi connectivity index (χ1v) is 6.02. The van der Waals surface area contributed by atoms with E-state index in [-0.39, 0.29) is 21.8 Å². The van der Waals surface area contributed by atoms with Crippen LogP contribution >= 0.6 is 0 Å². The zero-order valence-corrected chi connectivity index (χ0v) is 12.0. The fourth-order valence-corrected chi connectivity index (χ4v) is 3.20. The topological polar surface area (TPSA) is 12.5 Å². The molecule has 1 aliphatic heterocycles. The van der Waals surface area contributed by atoms with Crippen molar-refractivity contribution in [2.45, 2.75) is 74.0 Å². The minimum absolute atomic E-state index is 0.0260. The van der Waals surface area contributed by atoms with E-state index >= 15 is 0 Å². The molecule has 0 aromatic heterocycles. The van der Waals surface area contributed by atoms with Crippen molar-refractivity contribution < 1.29 is 4.74 Å². The average Bonchev–Trinajstić information content (AvgIpc) is 2.51. The van der Waals surface area contributed by atoms with Crippen molar-refractivity contribution in [2.75, 3.05) is 0 Å². The van der Waals surface area contributed by atoms with E-state index in [2.05, 4.69) is 62.3 Å². The van der Waals surface area contributed by atoms with Gasteiger partial charge in [-0.3, -0.25) is 0 Å². The summed E-state index contributed by atoms with van der Waals surface area (Å²) in [4.78, 5) is 0. The van der Waals surface area contributed by atoms with Crippen LogP contribution in [0, 0.1) is 16.2 Å². The highest BCUT2D eigenvalue weighted by atomic mass is 16.6. The highest BCUT2D eigenvalue weighted by Gasteiger charge is 2.71. The standard InChI is InChI=1S/C14H28O/c1-11(2,3)10-14(15-10,12(4,5)6)13(7,8)9/h10H,1-9H3. The quantitative estimate of drug-likeness (QED) is 0.546.